The maximum absolute atomic E-state index is 12.5. The van der Waals surface area contributed by atoms with Gasteiger partial charge >= 0.3 is 0 Å². The Bertz CT molecular complexity index is 1000. The number of fused-ring (bicyclic) bond motifs is 1. The number of carbonyl (C=O) groups excluding carboxylic acids is 1. The number of nitrogens with one attached hydrogen (secondary N) is 1. The minimum Gasteiger partial charge on any atom is -0.493 e. The van der Waals surface area contributed by atoms with Gasteiger partial charge in [-0.1, -0.05) is 30.3 Å². The van der Waals surface area contributed by atoms with Crippen molar-refractivity contribution in [3.63, 3.8) is 0 Å². The Labute approximate surface area is 169 Å². The Balaban J connectivity index is 1.75. The van der Waals surface area contributed by atoms with Crippen molar-refractivity contribution in [2.45, 2.75) is 18.9 Å². The summed E-state index contributed by atoms with van der Waals surface area (Å²) >= 11 is 0. The van der Waals surface area contributed by atoms with E-state index in [-0.39, 0.29) is 11.8 Å². The fourth-order valence-corrected chi connectivity index (χ4v) is 3.75. The van der Waals surface area contributed by atoms with E-state index in [0.717, 1.165) is 22.5 Å². The van der Waals surface area contributed by atoms with E-state index in [0.29, 0.717) is 30.2 Å². The van der Waals surface area contributed by atoms with E-state index in [4.69, 9.17) is 14.2 Å². The second-order valence-corrected chi connectivity index (χ2v) is 6.86. The molecule has 7 nitrogen and oxygen atoms in total. The van der Waals surface area contributed by atoms with Crippen LogP contribution in [0.1, 0.15) is 29.0 Å². The zero-order valence-corrected chi connectivity index (χ0v) is 16.6. The number of hydrogen-bond acceptors (Lipinski definition) is 5. The van der Waals surface area contributed by atoms with Gasteiger partial charge in [-0.2, -0.15) is 5.10 Å². The van der Waals surface area contributed by atoms with Crippen LogP contribution in [0.15, 0.2) is 48.7 Å². The zero-order valence-electron chi connectivity index (χ0n) is 16.6. The predicted molar refractivity (Wildman–Crippen MR) is 109 cm³/mol. The van der Waals surface area contributed by atoms with Crippen molar-refractivity contribution >= 4 is 11.7 Å². The molecule has 1 atom stereocenters. The van der Waals surface area contributed by atoms with Gasteiger partial charge in [-0.15, -0.1) is 0 Å². The van der Waals surface area contributed by atoms with Crippen molar-refractivity contribution in [2.75, 3.05) is 26.6 Å². The Morgan fingerprint density at radius 1 is 1.07 bits per heavy atom. The van der Waals surface area contributed by atoms with E-state index < -0.39 is 0 Å². The molecule has 150 valence electrons. The van der Waals surface area contributed by atoms with E-state index in [1.54, 1.807) is 21.3 Å². The lowest BCUT2D eigenvalue weighted by Crippen LogP contribution is -2.25. The number of methoxy groups -OCH3 is 3. The molecule has 1 amide bonds. The zero-order chi connectivity index (χ0) is 20.4. The number of anilines is 1. The van der Waals surface area contributed by atoms with Gasteiger partial charge in [-0.25, -0.2) is 4.68 Å². The van der Waals surface area contributed by atoms with Gasteiger partial charge in [-0.3, -0.25) is 4.79 Å². The van der Waals surface area contributed by atoms with Gasteiger partial charge in [0.05, 0.1) is 34.1 Å². The molecule has 3 aromatic rings. The third-order valence-corrected chi connectivity index (χ3v) is 5.16. The molecular formula is C22H23N3O4. The largest absolute Gasteiger partial charge is 0.493 e. The fraction of sp³-hybridized carbons (Fsp3) is 0.273. The summed E-state index contributed by atoms with van der Waals surface area (Å²) in [7, 11) is 4.73. The highest BCUT2D eigenvalue weighted by Crippen LogP contribution is 2.44. The van der Waals surface area contributed by atoms with Gasteiger partial charge in [0.1, 0.15) is 5.82 Å². The summed E-state index contributed by atoms with van der Waals surface area (Å²) in [4.78, 5) is 12.5. The smallest absolute Gasteiger partial charge is 0.226 e. The molecule has 0 bridgehead atoms. The molecule has 0 spiro atoms. The van der Waals surface area contributed by atoms with Crippen molar-refractivity contribution < 1.29 is 19.0 Å². The van der Waals surface area contributed by atoms with Gasteiger partial charge in [0.15, 0.2) is 11.5 Å². The van der Waals surface area contributed by atoms with Crippen LogP contribution in [0.5, 0.6) is 17.2 Å². The average Bonchev–Trinajstić information content (AvgIpc) is 3.15. The lowest BCUT2D eigenvalue weighted by molar-refractivity contribution is -0.116. The first-order valence-corrected chi connectivity index (χ1v) is 9.34. The molecule has 1 aliphatic rings. The van der Waals surface area contributed by atoms with Gasteiger partial charge in [0.2, 0.25) is 11.7 Å². The van der Waals surface area contributed by atoms with Gasteiger partial charge < -0.3 is 19.5 Å². The number of aromatic nitrogens is 2. The third kappa shape index (κ3) is 3.51. The van der Waals surface area contributed by atoms with E-state index in [1.165, 1.54) is 0 Å². The van der Waals surface area contributed by atoms with Crippen LogP contribution in [-0.4, -0.2) is 37.0 Å². The average molecular weight is 393 g/mol. The molecule has 0 radical (unpaired) electrons. The minimum absolute atomic E-state index is 0.0499. The molecule has 4 rings (SSSR count). The normalized spacial score (nSPS) is 15.4. The van der Waals surface area contributed by atoms with Crippen molar-refractivity contribution in [1.82, 2.24) is 9.78 Å². The third-order valence-electron chi connectivity index (χ3n) is 5.16. The standard InChI is InChI=1S/C22H23N3O4/c1-27-18-9-15(10-19(28-2)21(18)29-3)16-11-20(26)24-22-17(16)12-23-25(22)13-14-7-5-4-6-8-14/h4-10,12,16H,11,13H2,1-3H3,(H,24,26)/t16-/m1/s1. The van der Waals surface area contributed by atoms with Gasteiger partial charge in [-0.05, 0) is 23.3 Å². The highest BCUT2D eigenvalue weighted by atomic mass is 16.5. The summed E-state index contributed by atoms with van der Waals surface area (Å²) in [6, 6.07) is 13.8. The summed E-state index contributed by atoms with van der Waals surface area (Å²) in [5.41, 5.74) is 2.99. The quantitative estimate of drug-likeness (QED) is 0.695. The van der Waals surface area contributed by atoms with Crippen LogP contribution in [-0.2, 0) is 11.3 Å². The van der Waals surface area contributed by atoms with Crippen LogP contribution in [0.2, 0.25) is 0 Å². The Hall–Kier alpha value is -3.48. The first-order chi connectivity index (χ1) is 14.1. The maximum atomic E-state index is 12.5. The highest BCUT2D eigenvalue weighted by Gasteiger charge is 2.31. The summed E-state index contributed by atoms with van der Waals surface area (Å²) in [5.74, 6) is 2.17. The molecule has 29 heavy (non-hydrogen) atoms. The summed E-state index contributed by atoms with van der Waals surface area (Å²) in [6.45, 7) is 0.582. The van der Waals surface area contributed by atoms with E-state index in [9.17, 15) is 4.79 Å². The number of nitrogens with zero attached hydrogens (tertiary/aromatic N) is 2. The van der Waals surface area contributed by atoms with Crippen LogP contribution in [0.3, 0.4) is 0 Å². The molecule has 0 saturated carbocycles. The number of rotatable bonds is 6. The summed E-state index contributed by atoms with van der Waals surface area (Å²) in [6.07, 6.45) is 2.15. The number of hydrogen-bond donors (Lipinski definition) is 1. The molecule has 7 heteroatoms. The van der Waals surface area contributed by atoms with Gasteiger partial charge in [0, 0.05) is 17.9 Å². The molecule has 2 heterocycles. The molecule has 0 unspecified atom stereocenters. The Morgan fingerprint density at radius 3 is 2.38 bits per heavy atom. The van der Waals surface area contributed by atoms with Crippen LogP contribution in [0, 0.1) is 0 Å². The SMILES string of the molecule is COc1cc([C@H]2CC(=O)Nc3c2cnn3Cc2ccccc2)cc(OC)c1OC. The topological polar surface area (TPSA) is 74.6 Å². The predicted octanol–water partition coefficient (Wildman–Crippen LogP) is 3.43. The molecule has 0 saturated heterocycles. The molecule has 2 aromatic carbocycles. The van der Waals surface area contributed by atoms with Gasteiger partial charge in [0.25, 0.3) is 0 Å². The van der Waals surface area contributed by atoms with E-state index >= 15 is 0 Å². The van der Waals surface area contributed by atoms with Crippen molar-refractivity contribution in [2.24, 2.45) is 0 Å². The molecule has 0 aliphatic carbocycles. The van der Waals surface area contributed by atoms with Crippen molar-refractivity contribution in [1.29, 1.82) is 0 Å². The van der Waals surface area contributed by atoms with Crippen LogP contribution >= 0.6 is 0 Å². The first-order valence-electron chi connectivity index (χ1n) is 9.34. The Kier molecular flexibility index (Phi) is 5.12. The lowest BCUT2D eigenvalue weighted by Gasteiger charge is -2.25. The molecular weight excluding hydrogens is 370 g/mol. The molecule has 1 aliphatic heterocycles. The maximum Gasteiger partial charge on any atom is 0.226 e. The van der Waals surface area contributed by atoms with Crippen LogP contribution < -0.4 is 19.5 Å². The molecule has 1 N–H and O–H groups in total. The first kappa shape index (κ1) is 18.9. The number of benzene rings is 2. The van der Waals surface area contributed by atoms with E-state index in [1.807, 2.05) is 53.3 Å². The minimum atomic E-state index is -0.156. The molecule has 0 fully saturated rings. The fourth-order valence-electron chi connectivity index (χ4n) is 3.75. The highest BCUT2D eigenvalue weighted by molar-refractivity contribution is 5.94. The van der Waals surface area contributed by atoms with Crippen LogP contribution in [0.4, 0.5) is 5.82 Å². The second-order valence-electron chi connectivity index (χ2n) is 6.86. The van der Waals surface area contributed by atoms with E-state index in [2.05, 4.69) is 10.4 Å². The summed E-state index contributed by atoms with van der Waals surface area (Å²) in [5, 5.41) is 7.52. The number of ether oxygens (including phenoxy) is 3. The monoisotopic (exact) mass is 393 g/mol. The lowest BCUT2D eigenvalue weighted by atomic mass is 9.87. The van der Waals surface area contributed by atoms with Crippen molar-refractivity contribution in [3.8, 4) is 17.2 Å². The van der Waals surface area contributed by atoms with Crippen molar-refractivity contribution in [3.05, 3.63) is 65.4 Å². The molecule has 1 aromatic heterocycles. The number of carbonyl (C=O) groups is 1. The Morgan fingerprint density at radius 2 is 1.76 bits per heavy atom. The van der Waals surface area contributed by atoms with Crippen LogP contribution in [0.25, 0.3) is 0 Å². The second kappa shape index (κ2) is 7.87. The summed E-state index contributed by atoms with van der Waals surface area (Å²) < 4.78 is 18.2. The number of amides is 1.